The average Bonchev–Trinajstić information content (AvgIpc) is 3.10. The van der Waals surface area contributed by atoms with Gasteiger partial charge < -0.3 is 10.1 Å². The SMILES string of the molecule is CCCCC(=O)Nc1ccc(-n2nc(OC(C)C)nc2-c2ccc(C)cc2)cc1. The minimum atomic E-state index is -0.0163. The van der Waals surface area contributed by atoms with Crippen LogP contribution in [0, 0.1) is 6.92 Å². The lowest BCUT2D eigenvalue weighted by Gasteiger charge is -2.08. The van der Waals surface area contributed by atoms with Crippen molar-refractivity contribution in [3.05, 3.63) is 54.1 Å². The molecule has 0 saturated carbocycles. The van der Waals surface area contributed by atoms with Crippen molar-refractivity contribution in [3.63, 3.8) is 0 Å². The van der Waals surface area contributed by atoms with Gasteiger partial charge in [-0.2, -0.15) is 4.98 Å². The van der Waals surface area contributed by atoms with Gasteiger partial charge in [-0.1, -0.05) is 43.2 Å². The van der Waals surface area contributed by atoms with E-state index in [9.17, 15) is 4.79 Å². The lowest BCUT2D eigenvalue weighted by atomic mass is 10.1. The lowest BCUT2D eigenvalue weighted by Crippen LogP contribution is -2.11. The molecule has 0 bridgehead atoms. The molecule has 0 aliphatic heterocycles. The number of rotatable bonds is 8. The summed E-state index contributed by atoms with van der Waals surface area (Å²) < 4.78 is 7.48. The smallest absolute Gasteiger partial charge is 0.336 e. The number of carbonyl (C=O) groups is 1. The molecule has 0 fully saturated rings. The van der Waals surface area contributed by atoms with Crippen molar-refractivity contribution in [2.24, 2.45) is 0 Å². The number of aromatic nitrogens is 3. The van der Waals surface area contributed by atoms with Crippen LogP contribution in [0.25, 0.3) is 17.1 Å². The van der Waals surface area contributed by atoms with Crippen LogP contribution < -0.4 is 10.1 Å². The van der Waals surface area contributed by atoms with Gasteiger partial charge in [0.2, 0.25) is 5.91 Å². The van der Waals surface area contributed by atoms with E-state index in [4.69, 9.17) is 4.74 Å². The molecule has 1 aromatic heterocycles. The van der Waals surface area contributed by atoms with Gasteiger partial charge in [-0.3, -0.25) is 4.79 Å². The summed E-state index contributed by atoms with van der Waals surface area (Å²) in [4.78, 5) is 16.5. The summed E-state index contributed by atoms with van der Waals surface area (Å²) in [7, 11) is 0. The molecular weight excluding hydrogens is 364 g/mol. The van der Waals surface area contributed by atoms with E-state index in [1.54, 1.807) is 4.68 Å². The predicted octanol–water partition coefficient (Wildman–Crippen LogP) is 5.16. The summed E-state index contributed by atoms with van der Waals surface area (Å²) in [6.07, 6.45) is 2.41. The van der Waals surface area contributed by atoms with Crippen molar-refractivity contribution in [2.75, 3.05) is 5.32 Å². The number of nitrogens with zero attached hydrogens (tertiary/aromatic N) is 3. The van der Waals surface area contributed by atoms with Crippen LogP contribution in [0.5, 0.6) is 6.01 Å². The number of aryl methyl sites for hydroxylation is 1. The number of anilines is 1. The van der Waals surface area contributed by atoms with Crippen LogP contribution in [-0.2, 0) is 4.79 Å². The molecule has 29 heavy (non-hydrogen) atoms. The Labute approximate surface area is 171 Å². The maximum absolute atomic E-state index is 11.9. The zero-order chi connectivity index (χ0) is 20.8. The van der Waals surface area contributed by atoms with Gasteiger partial charge in [0.05, 0.1) is 11.8 Å². The number of unbranched alkanes of at least 4 members (excludes halogenated alkanes) is 1. The molecule has 0 radical (unpaired) electrons. The van der Waals surface area contributed by atoms with Crippen LogP contribution >= 0.6 is 0 Å². The molecule has 1 N–H and O–H groups in total. The van der Waals surface area contributed by atoms with Crippen molar-refractivity contribution in [3.8, 4) is 23.1 Å². The highest BCUT2D eigenvalue weighted by Gasteiger charge is 2.15. The zero-order valence-corrected chi connectivity index (χ0v) is 17.5. The van der Waals surface area contributed by atoms with E-state index in [0.717, 1.165) is 29.8 Å². The Morgan fingerprint density at radius 1 is 1.10 bits per heavy atom. The molecule has 0 saturated heterocycles. The molecule has 6 heteroatoms. The number of hydrogen-bond donors (Lipinski definition) is 1. The Morgan fingerprint density at radius 2 is 1.79 bits per heavy atom. The lowest BCUT2D eigenvalue weighted by molar-refractivity contribution is -0.116. The monoisotopic (exact) mass is 392 g/mol. The Morgan fingerprint density at radius 3 is 2.41 bits per heavy atom. The van der Waals surface area contributed by atoms with Gasteiger partial charge in [0.1, 0.15) is 0 Å². The Balaban J connectivity index is 1.89. The third kappa shape index (κ3) is 5.44. The molecule has 3 aromatic rings. The average molecular weight is 393 g/mol. The highest BCUT2D eigenvalue weighted by molar-refractivity contribution is 5.90. The molecule has 3 rings (SSSR count). The third-order valence-corrected chi connectivity index (χ3v) is 4.39. The molecule has 152 valence electrons. The standard InChI is InChI=1S/C23H28N4O2/c1-5-6-7-21(28)24-19-12-14-20(15-13-19)27-22(18-10-8-17(4)9-11-18)25-23(26-27)29-16(2)3/h8-16H,5-7H2,1-4H3,(H,24,28). The van der Waals surface area contributed by atoms with Crippen LogP contribution in [0.2, 0.25) is 0 Å². The summed E-state index contributed by atoms with van der Waals surface area (Å²) in [5.41, 5.74) is 3.75. The van der Waals surface area contributed by atoms with E-state index in [1.165, 1.54) is 5.56 Å². The Hall–Kier alpha value is -3.15. The minimum absolute atomic E-state index is 0.0163. The second-order valence-corrected chi connectivity index (χ2v) is 7.36. The largest absolute Gasteiger partial charge is 0.460 e. The van der Waals surface area contributed by atoms with Gasteiger partial charge in [0, 0.05) is 17.7 Å². The van der Waals surface area contributed by atoms with Gasteiger partial charge in [0.25, 0.3) is 0 Å². The summed E-state index contributed by atoms with van der Waals surface area (Å²) in [5, 5.41) is 7.48. The summed E-state index contributed by atoms with van der Waals surface area (Å²) >= 11 is 0. The molecule has 1 heterocycles. The molecule has 2 aromatic carbocycles. The normalized spacial score (nSPS) is 10.9. The molecule has 0 aliphatic rings. The molecule has 0 aliphatic carbocycles. The second-order valence-electron chi connectivity index (χ2n) is 7.36. The van der Waals surface area contributed by atoms with E-state index in [1.807, 2.05) is 62.4 Å². The number of benzene rings is 2. The van der Waals surface area contributed by atoms with Crippen LogP contribution in [0.3, 0.4) is 0 Å². The molecule has 0 spiro atoms. The highest BCUT2D eigenvalue weighted by atomic mass is 16.5. The molecule has 0 unspecified atom stereocenters. The topological polar surface area (TPSA) is 69.0 Å². The van der Waals surface area contributed by atoms with Crippen molar-refractivity contribution in [2.45, 2.75) is 53.1 Å². The van der Waals surface area contributed by atoms with Crippen molar-refractivity contribution >= 4 is 11.6 Å². The number of amides is 1. The summed E-state index contributed by atoms with van der Waals surface area (Å²) in [6, 6.07) is 16.1. The fourth-order valence-electron chi connectivity index (χ4n) is 2.87. The van der Waals surface area contributed by atoms with E-state index < -0.39 is 0 Å². The Bertz CT molecular complexity index is 944. The maximum Gasteiger partial charge on any atom is 0.336 e. The molecular formula is C23H28N4O2. The van der Waals surface area contributed by atoms with Gasteiger partial charge in [-0.05, 0) is 51.5 Å². The molecule has 1 amide bonds. The highest BCUT2D eigenvalue weighted by Crippen LogP contribution is 2.25. The molecule has 0 atom stereocenters. The van der Waals surface area contributed by atoms with Crippen LogP contribution in [0.15, 0.2) is 48.5 Å². The molecule has 6 nitrogen and oxygen atoms in total. The quantitative estimate of drug-likeness (QED) is 0.575. The number of nitrogens with one attached hydrogen (secondary N) is 1. The summed E-state index contributed by atoms with van der Waals surface area (Å²) in [6.45, 7) is 8.02. The van der Waals surface area contributed by atoms with Crippen LogP contribution in [0.1, 0.15) is 45.6 Å². The van der Waals surface area contributed by atoms with E-state index in [2.05, 4.69) is 29.2 Å². The number of ether oxygens (including phenoxy) is 1. The van der Waals surface area contributed by atoms with Crippen molar-refractivity contribution in [1.82, 2.24) is 14.8 Å². The first kappa shape index (κ1) is 20.6. The first-order valence-electron chi connectivity index (χ1n) is 10.1. The fourth-order valence-corrected chi connectivity index (χ4v) is 2.87. The maximum atomic E-state index is 11.9. The van der Waals surface area contributed by atoms with Gasteiger partial charge >= 0.3 is 6.01 Å². The predicted molar refractivity (Wildman–Crippen MR) is 115 cm³/mol. The number of hydrogen-bond acceptors (Lipinski definition) is 4. The fraction of sp³-hybridized carbons (Fsp3) is 0.348. The Kier molecular flexibility index (Phi) is 6.65. The van der Waals surface area contributed by atoms with Gasteiger partial charge in [-0.15, -0.1) is 5.10 Å². The van der Waals surface area contributed by atoms with Crippen LogP contribution in [-0.4, -0.2) is 26.8 Å². The minimum Gasteiger partial charge on any atom is -0.460 e. The van der Waals surface area contributed by atoms with Crippen LogP contribution in [0.4, 0.5) is 5.69 Å². The first-order valence-corrected chi connectivity index (χ1v) is 10.1. The summed E-state index contributed by atoms with van der Waals surface area (Å²) in [5.74, 6) is 0.744. The van der Waals surface area contributed by atoms with Gasteiger partial charge in [-0.25, -0.2) is 4.68 Å². The zero-order valence-electron chi connectivity index (χ0n) is 17.5. The third-order valence-electron chi connectivity index (χ3n) is 4.39. The van der Waals surface area contributed by atoms with E-state index in [-0.39, 0.29) is 12.0 Å². The first-order chi connectivity index (χ1) is 14.0. The van der Waals surface area contributed by atoms with Crippen molar-refractivity contribution < 1.29 is 9.53 Å². The number of carbonyl (C=O) groups excluding carboxylic acids is 1. The van der Waals surface area contributed by atoms with E-state index in [0.29, 0.717) is 18.3 Å². The van der Waals surface area contributed by atoms with E-state index >= 15 is 0 Å². The second kappa shape index (κ2) is 9.37. The van der Waals surface area contributed by atoms with Gasteiger partial charge in [0.15, 0.2) is 5.82 Å². The van der Waals surface area contributed by atoms with Crippen molar-refractivity contribution in [1.29, 1.82) is 0 Å².